The van der Waals surface area contributed by atoms with Crippen molar-refractivity contribution in [2.45, 2.75) is 31.4 Å². The van der Waals surface area contributed by atoms with Crippen LogP contribution in [0.5, 0.6) is 0 Å². The van der Waals surface area contributed by atoms with Gasteiger partial charge < -0.3 is 14.9 Å². The molecule has 1 N–H and O–H groups in total. The van der Waals surface area contributed by atoms with E-state index in [1.165, 1.54) is 23.1 Å². The topological polar surface area (TPSA) is 60.9 Å². The molecule has 2 atom stereocenters. The Morgan fingerprint density at radius 3 is 2.63 bits per heavy atom. The van der Waals surface area contributed by atoms with Crippen LogP contribution in [0.3, 0.4) is 0 Å². The van der Waals surface area contributed by atoms with Crippen molar-refractivity contribution in [3.8, 4) is 0 Å². The zero-order valence-corrected chi connectivity index (χ0v) is 14.8. The van der Waals surface area contributed by atoms with Gasteiger partial charge >= 0.3 is 0 Å². The van der Waals surface area contributed by atoms with Gasteiger partial charge in [0.05, 0.1) is 17.7 Å². The fourth-order valence-corrected chi connectivity index (χ4v) is 3.95. The van der Waals surface area contributed by atoms with Crippen molar-refractivity contribution < 1.29 is 19.1 Å². The van der Waals surface area contributed by atoms with Crippen LogP contribution in [0.2, 0.25) is 0 Å². The number of amides is 2. The number of likely N-dealkylation sites (tertiary alicyclic amines) is 1. The summed E-state index contributed by atoms with van der Waals surface area (Å²) in [6.45, 7) is 0.734. The number of hydrogen-bond donors (Lipinski definition) is 1. The third kappa shape index (κ3) is 3.32. The van der Waals surface area contributed by atoms with Crippen molar-refractivity contribution in [3.05, 3.63) is 65.5 Å². The lowest BCUT2D eigenvalue weighted by Gasteiger charge is -2.25. The van der Waals surface area contributed by atoms with E-state index >= 15 is 0 Å². The van der Waals surface area contributed by atoms with Crippen LogP contribution in [0.25, 0.3) is 0 Å². The number of nitrogens with zero attached hydrogens (tertiary/aromatic N) is 2. The first-order valence-corrected chi connectivity index (χ1v) is 9.18. The van der Waals surface area contributed by atoms with Gasteiger partial charge in [-0.1, -0.05) is 30.3 Å². The first-order valence-electron chi connectivity index (χ1n) is 9.18. The Kier molecular flexibility index (Phi) is 4.66. The second-order valence-corrected chi connectivity index (χ2v) is 7.09. The summed E-state index contributed by atoms with van der Waals surface area (Å²) < 4.78 is 14.5. The van der Waals surface area contributed by atoms with Crippen LogP contribution >= 0.6 is 0 Å². The van der Waals surface area contributed by atoms with Crippen molar-refractivity contribution in [1.82, 2.24) is 4.90 Å². The van der Waals surface area contributed by atoms with Crippen molar-refractivity contribution in [2.24, 2.45) is 0 Å². The SMILES string of the molecule is O=C1CCCN1c1ccc(F)c(C(=O)N2CC(O)CC2c2ccccc2)c1. The van der Waals surface area contributed by atoms with Crippen molar-refractivity contribution in [3.63, 3.8) is 0 Å². The Morgan fingerprint density at radius 1 is 1.15 bits per heavy atom. The van der Waals surface area contributed by atoms with Crippen LogP contribution in [0, 0.1) is 5.82 Å². The summed E-state index contributed by atoms with van der Waals surface area (Å²) in [4.78, 5) is 28.2. The van der Waals surface area contributed by atoms with Gasteiger partial charge in [-0.25, -0.2) is 4.39 Å². The van der Waals surface area contributed by atoms with Gasteiger partial charge in [0.25, 0.3) is 5.91 Å². The molecule has 6 heteroatoms. The molecular weight excluding hydrogens is 347 g/mol. The van der Waals surface area contributed by atoms with E-state index in [4.69, 9.17) is 0 Å². The Bertz CT molecular complexity index is 871. The van der Waals surface area contributed by atoms with Gasteiger partial charge in [-0.15, -0.1) is 0 Å². The molecule has 0 aromatic heterocycles. The average Bonchev–Trinajstić information content (AvgIpc) is 3.28. The van der Waals surface area contributed by atoms with Gasteiger partial charge in [-0.05, 0) is 36.6 Å². The maximum atomic E-state index is 14.5. The molecule has 27 heavy (non-hydrogen) atoms. The van der Waals surface area contributed by atoms with Crippen molar-refractivity contribution in [2.75, 3.05) is 18.0 Å². The molecular formula is C21H21FN2O3. The monoisotopic (exact) mass is 368 g/mol. The van der Waals surface area contributed by atoms with Crippen molar-refractivity contribution >= 4 is 17.5 Å². The predicted octanol–water partition coefficient (Wildman–Crippen LogP) is 2.90. The van der Waals surface area contributed by atoms with Crippen LogP contribution < -0.4 is 4.90 Å². The molecule has 2 aromatic rings. The predicted molar refractivity (Wildman–Crippen MR) is 98.8 cm³/mol. The zero-order chi connectivity index (χ0) is 19.0. The van der Waals surface area contributed by atoms with E-state index in [0.29, 0.717) is 25.1 Å². The summed E-state index contributed by atoms with van der Waals surface area (Å²) in [5, 5.41) is 10.1. The zero-order valence-electron chi connectivity index (χ0n) is 14.8. The molecule has 5 nitrogen and oxygen atoms in total. The van der Waals surface area contributed by atoms with Gasteiger partial charge in [0.2, 0.25) is 5.91 Å². The molecule has 0 aliphatic carbocycles. The molecule has 0 saturated carbocycles. The average molecular weight is 368 g/mol. The van der Waals surface area contributed by atoms with E-state index in [1.54, 1.807) is 4.90 Å². The summed E-state index contributed by atoms with van der Waals surface area (Å²) in [6, 6.07) is 13.4. The fraction of sp³-hybridized carbons (Fsp3) is 0.333. The lowest BCUT2D eigenvalue weighted by Crippen LogP contribution is -2.33. The maximum absolute atomic E-state index is 14.5. The van der Waals surface area contributed by atoms with Crippen LogP contribution in [0.1, 0.15) is 41.2 Å². The third-order valence-electron chi connectivity index (χ3n) is 5.29. The number of aliphatic hydroxyl groups excluding tert-OH is 1. The van der Waals surface area contributed by atoms with E-state index in [0.717, 1.165) is 12.0 Å². The van der Waals surface area contributed by atoms with Crippen molar-refractivity contribution in [1.29, 1.82) is 0 Å². The number of halogens is 1. The summed E-state index contributed by atoms with van der Waals surface area (Å²) in [5.41, 5.74) is 1.38. The highest BCUT2D eigenvalue weighted by Crippen LogP contribution is 2.34. The highest BCUT2D eigenvalue weighted by Gasteiger charge is 2.36. The molecule has 0 spiro atoms. The van der Waals surface area contributed by atoms with Crippen LogP contribution in [0.15, 0.2) is 48.5 Å². The number of anilines is 1. The minimum Gasteiger partial charge on any atom is -0.391 e. The fourth-order valence-electron chi connectivity index (χ4n) is 3.95. The summed E-state index contributed by atoms with van der Waals surface area (Å²) in [7, 11) is 0. The second kappa shape index (κ2) is 7.12. The smallest absolute Gasteiger partial charge is 0.257 e. The van der Waals surface area contributed by atoms with Gasteiger partial charge in [-0.3, -0.25) is 9.59 Å². The van der Waals surface area contributed by atoms with E-state index < -0.39 is 17.8 Å². The molecule has 2 aliphatic heterocycles. The minimum atomic E-state index is -0.648. The molecule has 2 unspecified atom stereocenters. The molecule has 0 bridgehead atoms. The summed E-state index contributed by atoms with van der Waals surface area (Å²) >= 11 is 0. The van der Waals surface area contributed by atoms with Gasteiger partial charge in [0.1, 0.15) is 5.82 Å². The standard InChI is InChI=1S/C21H21FN2O3/c22-18-9-8-15(23-10-4-7-20(23)26)11-17(18)21(27)24-13-16(25)12-19(24)14-5-2-1-3-6-14/h1-3,5-6,8-9,11,16,19,25H,4,7,10,12-13H2. The van der Waals surface area contributed by atoms with Gasteiger partial charge in [0.15, 0.2) is 0 Å². The lowest BCUT2D eigenvalue weighted by molar-refractivity contribution is -0.117. The molecule has 2 saturated heterocycles. The molecule has 4 rings (SSSR count). The molecule has 2 heterocycles. The van der Waals surface area contributed by atoms with Gasteiger partial charge in [-0.2, -0.15) is 0 Å². The molecule has 2 amide bonds. The molecule has 140 valence electrons. The maximum Gasteiger partial charge on any atom is 0.257 e. The van der Waals surface area contributed by atoms with Crippen LogP contribution in [0.4, 0.5) is 10.1 Å². The molecule has 2 aliphatic rings. The Morgan fingerprint density at radius 2 is 1.93 bits per heavy atom. The number of benzene rings is 2. The van der Waals surface area contributed by atoms with Crippen LogP contribution in [-0.4, -0.2) is 41.0 Å². The first kappa shape index (κ1) is 17.7. The summed E-state index contributed by atoms with van der Waals surface area (Å²) in [5.74, 6) is -1.10. The highest BCUT2D eigenvalue weighted by atomic mass is 19.1. The second-order valence-electron chi connectivity index (χ2n) is 7.09. The number of carbonyl (C=O) groups is 2. The van der Waals surface area contributed by atoms with E-state index in [9.17, 15) is 19.1 Å². The lowest BCUT2D eigenvalue weighted by atomic mass is 10.0. The number of β-amino-alcohol motifs (C(OH)–C–C–N with tert-alkyl or cyclic N) is 1. The number of aliphatic hydroxyl groups is 1. The van der Waals surface area contributed by atoms with E-state index in [2.05, 4.69) is 0 Å². The third-order valence-corrected chi connectivity index (χ3v) is 5.29. The molecule has 2 fully saturated rings. The first-order chi connectivity index (χ1) is 13.0. The number of rotatable bonds is 3. The minimum absolute atomic E-state index is 0.0150. The quantitative estimate of drug-likeness (QED) is 0.906. The van der Waals surface area contributed by atoms with Crippen LogP contribution in [-0.2, 0) is 4.79 Å². The normalized spacial score (nSPS) is 22.5. The number of hydrogen-bond acceptors (Lipinski definition) is 3. The number of carbonyl (C=O) groups excluding carboxylic acids is 2. The highest BCUT2D eigenvalue weighted by molar-refractivity contribution is 5.99. The van der Waals surface area contributed by atoms with E-state index in [1.807, 2.05) is 30.3 Å². The molecule has 2 aromatic carbocycles. The summed E-state index contributed by atoms with van der Waals surface area (Å²) in [6.07, 6.45) is 0.996. The van der Waals surface area contributed by atoms with Gasteiger partial charge in [0, 0.05) is 25.2 Å². The van der Waals surface area contributed by atoms with E-state index in [-0.39, 0.29) is 24.1 Å². The molecule has 0 radical (unpaired) electrons. The Balaban J connectivity index is 1.66. The Labute approximate surface area is 157 Å². The Hall–Kier alpha value is -2.73. The largest absolute Gasteiger partial charge is 0.391 e.